The van der Waals surface area contributed by atoms with E-state index < -0.39 is 9.84 Å². The molecule has 0 unspecified atom stereocenters. The van der Waals surface area contributed by atoms with Crippen LogP contribution in [0.2, 0.25) is 0 Å². The van der Waals surface area contributed by atoms with Gasteiger partial charge in [-0.3, -0.25) is 4.79 Å². The van der Waals surface area contributed by atoms with Gasteiger partial charge in [-0.2, -0.15) is 0 Å². The lowest BCUT2D eigenvalue weighted by atomic mass is 10.3. The molecule has 0 spiro atoms. The number of amides is 1. The van der Waals surface area contributed by atoms with Crippen LogP contribution in [0.3, 0.4) is 0 Å². The average molecular weight is 368 g/mol. The van der Waals surface area contributed by atoms with Crippen molar-refractivity contribution in [2.45, 2.75) is 4.90 Å². The van der Waals surface area contributed by atoms with Crippen LogP contribution in [0.15, 0.2) is 71.9 Å². The van der Waals surface area contributed by atoms with E-state index in [4.69, 9.17) is 0 Å². The van der Waals surface area contributed by atoms with E-state index in [2.05, 4.69) is 20.6 Å². The van der Waals surface area contributed by atoms with Crippen LogP contribution in [0.4, 0.5) is 17.2 Å². The molecule has 2 aromatic carbocycles. The number of hydrogen-bond donors (Lipinski definition) is 2. The lowest BCUT2D eigenvalue weighted by Gasteiger charge is -2.08. The highest BCUT2D eigenvalue weighted by molar-refractivity contribution is 7.90. The fraction of sp³-hybridized carbons (Fsp3) is 0.0556. The molecule has 0 saturated heterocycles. The molecule has 0 atom stereocenters. The van der Waals surface area contributed by atoms with Crippen molar-refractivity contribution < 1.29 is 13.2 Å². The maximum absolute atomic E-state index is 12.3. The molecule has 1 amide bonds. The third-order valence-corrected chi connectivity index (χ3v) is 4.58. The standard InChI is InChI=1S/C18H16N4O3S/c1-26(24,25)15-9-5-8-14(10-15)21-17-11-16(19-12-20-17)18(23)22-13-6-3-2-4-7-13/h2-12H,1H3,(H,22,23)(H,19,20,21). The molecule has 0 fully saturated rings. The number of nitrogens with zero attached hydrogens (tertiary/aromatic N) is 2. The topological polar surface area (TPSA) is 101 Å². The van der Waals surface area contributed by atoms with Gasteiger partial charge in [0.1, 0.15) is 17.8 Å². The molecule has 0 aliphatic carbocycles. The van der Waals surface area contributed by atoms with Gasteiger partial charge in [-0.05, 0) is 30.3 Å². The van der Waals surface area contributed by atoms with E-state index in [-0.39, 0.29) is 16.5 Å². The minimum absolute atomic E-state index is 0.186. The molecule has 132 valence electrons. The molecule has 26 heavy (non-hydrogen) atoms. The molecule has 7 nitrogen and oxygen atoms in total. The summed E-state index contributed by atoms with van der Waals surface area (Å²) >= 11 is 0. The second-order valence-electron chi connectivity index (χ2n) is 5.53. The molecule has 3 aromatic rings. The van der Waals surface area contributed by atoms with Crippen LogP contribution in [-0.2, 0) is 9.84 Å². The quantitative estimate of drug-likeness (QED) is 0.718. The van der Waals surface area contributed by atoms with Crippen LogP contribution >= 0.6 is 0 Å². The Kier molecular flexibility index (Phi) is 4.94. The summed E-state index contributed by atoms with van der Waals surface area (Å²) < 4.78 is 23.3. The minimum Gasteiger partial charge on any atom is -0.340 e. The van der Waals surface area contributed by atoms with Gasteiger partial charge in [0.15, 0.2) is 9.84 Å². The third-order valence-electron chi connectivity index (χ3n) is 3.47. The first kappa shape index (κ1) is 17.6. The van der Waals surface area contributed by atoms with Gasteiger partial charge in [0.2, 0.25) is 0 Å². The number of anilines is 3. The lowest BCUT2D eigenvalue weighted by Crippen LogP contribution is -2.14. The Labute approximate surface area is 151 Å². The van der Waals surface area contributed by atoms with Crippen molar-refractivity contribution in [1.82, 2.24) is 9.97 Å². The van der Waals surface area contributed by atoms with Gasteiger partial charge in [0, 0.05) is 23.7 Å². The van der Waals surface area contributed by atoms with E-state index in [0.29, 0.717) is 17.2 Å². The predicted molar refractivity (Wildman–Crippen MR) is 99.3 cm³/mol. The number of aromatic nitrogens is 2. The average Bonchev–Trinajstić information content (AvgIpc) is 2.62. The number of benzene rings is 2. The molecular formula is C18H16N4O3S. The Morgan fingerprint density at radius 1 is 0.923 bits per heavy atom. The van der Waals surface area contributed by atoms with Gasteiger partial charge >= 0.3 is 0 Å². The summed E-state index contributed by atoms with van der Waals surface area (Å²) in [5.74, 6) is 0.00963. The summed E-state index contributed by atoms with van der Waals surface area (Å²) in [6.07, 6.45) is 2.41. The van der Waals surface area contributed by atoms with Crippen molar-refractivity contribution in [2.24, 2.45) is 0 Å². The van der Waals surface area contributed by atoms with Crippen LogP contribution in [0.25, 0.3) is 0 Å². The fourth-order valence-electron chi connectivity index (χ4n) is 2.22. The van der Waals surface area contributed by atoms with E-state index in [1.807, 2.05) is 18.2 Å². The van der Waals surface area contributed by atoms with Crippen LogP contribution in [-0.4, -0.2) is 30.5 Å². The molecule has 8 heteroatoms. The van der Waals surface area contributed by atoms with Gasteiger partial charge in [0.05, 0.1) is 4.90 Å². The van der Waals surface area contributed by atoms with Crippen molar-refractivity contribution in [3.05, 3.63) is 72.7 Å². The van der Waals surface area contributed by atoms with Crippen LogP contribution in [0.1, 0.15) is 10.5 Å². The highest BCUT2D eigenvalue weighted by Gasteiger charge is 2.11. The lowest BCUT2D eigenvalue weighted by molar-refractivity contribution is 0.102. The summed E-state index contributed by atoms with van der Waals surface area (Å²) in [4.78, 5) is 20.5. The monoisotopic (exact) mass is 368 g/mol. The first-order valence-corrected chi connectivity index (χ1v) is 9.56. The molecule has 0 aliphatic heterocycles. The number of carbonyl (C=O) groups excluding carboxylic acids is 1. The van der Waals surface area contributed by atoms with Crippen molar-refractivity contribution in [1.29, 1.82) is 0 Å². The first-order chi connectivity index (χ1) is 12.4. The van der Waals surface area contributed by atoms with E-state index in [1.165, 1.54) is 24.5 Å². The smallest absolute Gasteiger partial charge is 0.274 e. The van der Waals surface area contributed by atoms with E-state index in [9.17, 15) is 13.2 Å². The fourth-order valence-corrected chi connectivity index (χ4v) is 2.89. The summed E-state index contributed by atoms with van der Waals surface area (Å²) in [5.41, 5.74) is 1.39. The molecule has 1 aromatic heterocycles. The number of sulfone groups is 1. The third kappa shape index (κ3) is 4.42. The highest BCUT2D eigenvalue weighted by atomic mass is 32.2. The Morgan fingerprint density at radius 2 is 1.65 bits per heavy atom. The van der Waals surface area contributed by atoms with Gasteiger partial charge < -0.3 is 10.6 Å². The van der Waals surface area contributed by atoms with E-state index >= 15 is 0 Å². The number of para-hydroxylation sites is 1. The SMILES string of the molecule is CS(=O)(=O)c1cccc(Nc2cc(C(=O)Nc3ccccc3)ncn2)c1. The largest absolute Gasteiger partial charge is 0.340 e. The maximum Gasteiger partial charge on any atom is 0.274 e. The van der Waals surface area contributed by atoms with Crippen LogP contribution in [0.5, 0.6) is 0 Å². The van der Waals surface area contributed by atoms with Gasteiger partial charge in [-0.25, -0.2) is 18.4 Å². The minimum atomic E-state index is -3.31. The molecule has 3 rings (SSSR count). The maximum atomic E-state index is 12.3. The molecule has 0 bridgehead atoms. The summed E-state index contributed by atoms with van der Waals surface area (Å²) in [7, 11) is -3.31. The second kappa shape index (κ2) is 7.32. The summed E-state index contributed by atoms with van der Waals surface area (Å²) in [6.45, 7) is 0. The van der Waals surface area contributed by atoms with Crippen LogP contribution in [0, 0.1) is 0 Å². The number of nitrogens with one attached hydrogen (secondary N) is 2. The van der Waals surface area contributed by atoms with Gasteiger partial charge in [0.25, 0.3) is 5.91 Å². The second-order valence-corrected chi connectivity index (χ2v) is 7.55. The summed E-state index contributed by atoms with van der Waals surface area (Å²) in [5, 5.41) is 5.72. The van der Waals surface area contributed by atoms with Crippen molar-refractivity contribution in [3.63, 3.8) is 0 Å². The molecule has 0 radical (unpaired) electrons. The van der Waals surface area contributed by atoms with E-state index in [0.717, 1.165) is 6.26 Å². The molecule has 0 aliphatic rings. The summed E-state index contributed by atoms with van der Waals surface area (Å²) in [6, 6.07) is 16.9. The molecule has 0 saturated carbocycles. The molecule has 2 N–H and O–H groups in total. The zero-order valence-corrected chi connectivity index (χ0v) is 14.7. The van der Waals surface area contributed by atoms with Crippen LogP contribution < -0.4 is 10.6 Å². The van der Waals surface area contributed by atoms with Gasteiger partial charge in [-0.1, -0.05) is 24.3 Å². The number of hydrogen-bond acceptors (Lipinski definition) is 6. The predicted octanol–water partition coefficient (Wildman–Crippen LogP) is 2.88. The zero-order valence-electron chi connectivity index (χ0n) is 13.9. The Hall–Kier alpha value is -3.26. The molecule has 1 heterocycles. The van der Waals surface area contributed by atoms with Crippen molar-refractivity contribution >= 4 is 32.9 Å². The van der Waals surface area contributed by atoms with Crippen molar-refractivity contribution in [3.8, 4) is 0 Å². The highest BCUT2D eigenvalue weighted by Crippen LogP contribution is 2.19. The van der Waals surface area contributed by atoms with E-state index in [1.54, 1.807) is 24.3 Å². The normalized spacial score (nSPS) is 11.0. The number of rotatable bonds is 5. The number of carbonyl (C=O) groups is 1. The van der Waals surface area contributed by atoms with Crippen molar-refractivity contribution in [2.75, 3.05) is 16.9 Å². The zero-order chi connectivity index (χ0) is 18.6. The Morgan fingerprint density at radius 3 is 2.38 bits per heavy atom. The van der Waals surface area contributed by atoms with Gasteiger partial charge in [-0.15, -0.1) is 0 Å². The Balaban J connectivity index is 1.78. The molecular weight excluding hydrogens is 352 g/mol. The Bertz CT molecular complexity index is 1040. The first-order valence-electron chi connectivity index (χ1n) is 7.67.